The van der Waals surface area contributed by atoms with Gasteiger partial charge in [-0.25, -0.2) is 9.97 Å². The van der Waals surface area contributed by atoms with Crippen LogP contribution in [0.2, 0.25) is 0 Å². The highest BCUT2D eigenvalue weighted by atomic mass is 32.1. The molecule has 1 aliphatic carbocycles. The van der Waals surface area contributed by atoms with E-state index in [-0.39, 0.29) is 0 Å². The number of benzene rings is 4. The molecule has 0 atom stereocenters. The normalized spacial score (nSPS) is 13.4. The maximum atomic E-state index is 5.22. The molecule has 2 nitrogen and oxygen atoms in total. The quantitative estimate of drug-likeness (QED) is 0.135. The van der Waals surface area contributed by atoms with Crippen molar-refractivity contribution in [1.29, 1.82) is 0 Å². The van der Waals surface area contributed by atoms with E-state index in [0.717, 1.165) is 62.4 Å². The molecule has 0 spiro atoms. The van der Waals surface area contributed by atoms with Gasteiger partial charge in [-0.3, -0.25) is 0 Å². The molecule has 0 bridgehead atoms. The molecule has 0 amide bonds. The highest BCUT2D eigenvalue weighted by molar-refractivity contribution is 7.19. The predicted molar refractivity (Wildman–Crippen MR) is 198 cm³/mol. The van der Waals surface area contributed by atoms with Crippen LogP contribution in [-0.4, -0.2) is 9.97 Å². The third kappa shape index (κ3) is 5.00. The predicted octanol–water partition coefficient (Wildman–Crippen LogP) is 12.1. The van der Waals surface area contributed by atoms with E-state index >= 15 is 0 Å². The summed E-state index contributed by atoms with van der Waals surface area (Å²) in [5.41, 5.74) is 9.88. The number of hydrogen-bond donors (Lipinski definition) is 0. The molecule has 0 aliphatic heterocycles. The fourth-order valence-electron chi connectivity index (χ4n) is 6.49. The van der Waals surface area contributed by atoms with Crippen LogP contribution in [0.4, 0.5) is 0 Å². The van der Waals surface area contributed by atoms with Gasteiger partial charge in [0.25, 0.3) is 0 Å². The van der Waals surface area contributed by atoms with E-state index < -0.39 is 0 Å². The first-order chi connectivity index (χ1) is 22.1. The lowest BCUT2D eigenvalue weighted by Crippen LogP contribution is -1.97. The summed E-state index contributed by atoms with van der Waals surface area (Å²) in [5, 5.41) is 4.91. The van der Waals surface area contributed by atoms with Crippen molar-refractivity contribution >= 4 is 66.9 Å². The second-order valence-corrected chi connectivity index (χ2v) is 12.3. The molecule has 0 radical (unpaired) electrons. The fourth-order valence-corrected chi connectivity index (χ4v) is 7.74. The molecule has 0 saturated carbocycles. The molecule has 45 heavy (non-hydrogen) atoms. The van der Waals surface area contributed by atoms with E-state index in [2.05, 4.69) is 123 Å². The van der Waals surface area contributed by atoms with Crippen LogP contribution in [0, 0.1) is 0 Å². The number of nitrogens with zero attached hydrogens (tertiary/aromatic N) is 2. The van der Waals surface area contributed by atoms with Crippen molar-refractivity contribution < 1.29 is 0 Å². The average molecular weight is 599 g/mol. The van der Waals surface area contributed by atoms with Crippen LogP contribution in [0.25, 0.3) is 78.1 Å². The standard InChI is InChI=1S/C42H34N2S/c1-5-14-27(15-6-2)39-41-40(36-21-11-12-22-38(36)45-41)44-42(43-39)30-18-13-17-28(25-30)29-23-24-35-34-20-10-9-19-33(34)31(8-4)32(16-7-3)37(35)26-29/h5-11,13-21,23-26H,1,4,12,22H2,2-3H3/b15-6-,16-7-,27-14+. The molecule has 0 saturated heterocycles. The first-order valence-electron chi connectivity index (χ1n) is 15.4. The Hall–Kier alpha value is -5.12. The van der Waals surface area contributed by atoms with Gasteiger partial charge in [0.2, 0.25) is 0 Å². The third-order valence-electron chi connectivity index (χ3n) is 8.48. The van der Waals surface area contributed by atoms with Crippen molar-refractivity contribution in [2.45, 2.75) is 26.7 Å². The zero-order valence-corrected chi connectivity index (χ0v) is 26.5. The number of rotatable bonds is 7. The van der Waals surface area contributed by atoms with Gasteiger partial charge < -0.3 is 0 Å². The van der Waals surface area contributed by atoms with Crippen LogP contribution < -0.4 is 0 Å². The molecular weight excluding hydrogens is 565 g/mol. The van der Waals surface area contributed by atoms with Gasteiger partial charge in [-0.1, -0.05) is 122 Å². The zero-order valence-electron chi connectivity index (χ0n) is 25.7. The van der Waals surface area contributed by atoms with E-state index in [0.29, 0.717) is 0 Å². The van der Waals surface area contributed by atoms with Gasteiger partial charge in [-0.05, 0) is 82.6 Å². The Balaban J connectivity index is 1.43. The minimum Gasteiger partial charge on any atom is -0.226 e. The van der Waals surface area contributed by atoms with Gasteiger partial charge >= 0.3 is 0 Å². The largest absolute Gasteiger partial charge is 0.226 e. The number of allylic oxidation sites excluding steroid dienone is 7. The lowest BCUT2D eigenvalue weighted by molar-refractivity contribution is 1.01. The Morgan fingerprint density at radius 3 is 2.40 bits per heavy atom. The van der Waals surface area contributed by atoms with E-state index in [1.165, 1.54) is 37.5 Å². The Bertz CT molecular complexity index is 2270. The molecule has 7 rings (SSSR count). The number of aryl methyl sites for hydroxylation is 1. The summed E-state index contributed by atoms with van der Waals surface area (Å²) in [7, 11) is 0. The van der Waals surface area contributed by atoms with Gasteiger partial charge in [0.1, 0.15) is 0 Å². The molecule has 6 aromatic rings. The van der Waals surface area contributed by atoms with Crippen LogP contribution in [0.1, 0.15) is 47.5 Å². The summed E-state index contributed by atoms with van der Waals surface area (Å²) in [6.07, 6.45) is 20.9. The van der Waals surface area contributed by atoms with Gasteiger partial charge in [0, 0.05) is 21.6 Å². The Kier molecular flexibility index (Phi) is 7.71. The molecule has 1 aliphatic rings. The smallest absolute Gasteiger partial charge is 0.160 e. The molecule has 218 valence electrons. The number of hydrogen-bond acceptors (Lipinski definition) is 3. The first kappa shape index (κ1) is 28.6. The summed E-state index contributed by atoms with van der Waals surface area (Å²) in [6.45, 7) is 12.3. The third-order valence-corrected chi connectivity index (χ3v) is 9.75. The van der Waals surface area contributed by atoms with E-state index in [1.807, 2.05) is 36.5 Å². The minimum absolute atomic E-state index is 0.730. The zero-order chi connectivity index (χ0) is 30.9. The van der Waals surface area contributed by atoms with E-state index in [4.69, 9.17) is 9.97 Å². The second kappa shape index (κ2) is 12.1. The van der Waals surface area contributed by atoms with Crippen LogP contribution >= 0.6 is 11.3 Å². The highest BCUT2D eigenvalue weighted by Gasteiger charge is 2.21. The Labute approximate surface area is 268 Å². The van der Waals surface area contributed by atoms with Crippen molar-refractivity contribution in [2.75, 3.05) is 0 Å². The summed E-state index contributed by atoms with van der Waals surface area (Å²) < 4.78 is 1.13. The maximum Gasteiger partial charge on any atom is 0.160 e. The molecule has 0 unspecified atom stereocenters. The van der Waals surface area contributed by atoms with Crippen molar-refractivity contribution in [3.63, 3.8) is 0 Å². The summed E-state index contributed by atoms with van der Waals surface area (Å²) in [4.78, 5) is 11.8. The Morgan fingerprint density at radius 1 is 0.800 bits per heavy atom. The molecule has 2 heterocycles. The monoisotopic (exact) mass is 598 g/mol. The number of aromatic nitrogens is 2. The average Bonchev–Trinajstić information content (AvgIpc) is 3.46. The van der Waals surface area contributed by atoms with Crippen LogP contribution in [0.5, 0.6) is 0 Å². The molecule has 2 aromatic heterocycles. The lowest BCUT2D eigenvalue weighted by Gasteiger charge is -2.15. The minimum atomic E-state index is 0.730. The van der Waals surface area contributed by atoms with E-state index in [1.54, 1.807) is 0 Å². The maximum absolute atomic E-state index is 5.22. The summed E-state index contributed by atoms with van der Waals surface area (Å²) >= 11 is 1.82. The van der Waals surface area contributed by atoms with Crippen molar-refractivity contribution in [1.82, 2.24) is 9.97 Å². The van der Waals surface area contributed by atoms with Gasteiger partial charge in [0.15, 0.2) is 5.82 Å². The first-order valence-corrected chi connectivity index (χ1v) is 16.3. The Morgan fingerprint density at radius 2 is 1.60 bits per heavy atom. The molecular formula is C42H34N2S. The summed E-state index contributed by atoms with van der Waals surface area (Å²) in [5.74, 6) is 0.730. The van der Waals surface area contributed by atoms with Gasteiger partial charge in [-0.15, -0.1) is 11.3 Å². The van der Waals surface area contributed by atoms with Gasteiger partial charge in [-0.2, -0.15) is 0 Å². The van der Waals surface area contributed by atoms with Crippen molar-refractivity contribution in [3.8, 4) is 22.5 Å². The van der Waals surface area contributed by atoms with Crippen LogP contribution in [-0.2, 0) is 6.42 Å². The summed E-state index contributed by atoms with van der Waals surface area (Å²) in [6, 6.07) is 24.0. The molecule has 3 heteroatoms. The number of thiophene rings is 1. The number of fused-ring (bicyclic) bond motifs is 6. The van der Waals surface area contributed by atoms with Crippen molar-refractivity contribution in [2.24, 2.45) is 0 Å². The molecule has 0 fully saturated rings. The van der Waals surface area contributed by atoms with Crippen molar-refractivity contribution in [3.05, 3.63) is 144 Å². The SMILES string of the molecule is C=C/C=C(\C=C/C)c1nc(-c2cccc(-c3ccc4c(c3)c(/C=C\C)c(C=C)c3ccccc34)c2)nc2c3c(sc12)CCC=C3. The topological polar surface area (TPSA) is 25.8 Å². The van der Waals surface area contributed by atoms with E-state index in [9.17, 15) is 0 Å². The second-order valence-electron chi connectivity index (χ2n) is 11.2. The lowest BCUT2D eigenvalue weighted by atomic mass is 9.89. The fraction of sp³-hybridized carbons (Fsp3) is 0.0952. The highest BCUT2D eigenvalue weighted by Crippen LogP contribution is 2.41. The molecule has 0 N–H and O–H groups in total. The van der Waals surface area contributed by atoms with Crippen LogP contribution in [0.15, 0.2) is 116 Å². The van der Waals surface area contributed by atoms with Gasteiger partial charge in [0.05, 0.1) is 15.9 Å². The van der Waals surface area contributed by atoms with Crippen LogP contribution in [0.3, 0.4) is 0 Å². The molecule has 4 aromatic carbocycles.